The molecule has 2 aromatic rings. The molecule has 4 heteroatoms. The van der Waals surface area contributed by atoms with E-state index in [1.54, 1.807) is 6.20 Å². The van der Waals surface area contributed by atoms with Crippen molar-refractivity contribution in [2.75, 3.05) is 6.61 Å². The van der Waals surface area contributed by atoms with Crippen LogP contribution in [0, 0.1) is 5.41 Å². The number of fused-ring (bicyclic) bond motifs is 1. The van der Waals surface area contributed by atoms with Gasteiger partial charge in [-0.3, -0.25) is 9.78 Å². The summed E-state index contributed by atoms with van der Waals surface area (Å²) in [5.41, 5.74) is 0.523. The predicted molar refractivity (Wildman–Crippen MR) is 73.3 cm³/mol. The average Bonchev–Trinajstić information content (AvgIpc) is 2.35. The van der Waals surface area contributed by atoms with Gasteiger partial charge < -0.3 is 9.84 Å². The molecular formula is C15H17NO3. The molecule has 100 valence electrons. The molecular weight excluding hydrogens is 242 g/mol. The van der Waals surface area contributed by atoms with Crippen molar-refractivity contribution in [3.05, 3.63) is 36.5 Å². The first-order chi connectivity index (χ1) is 8.96. The molecule has 0 saturated carbocycles. The van der Waals surface area contributed by atoms with E-state index in [9.17, 15) is 4.79 Å². The van der Waals surface area contributed by atoms with Gasteiger partial charge in [0.2, 0.25) is 0 Å². The molecule has 0 radical (unpaired) electrons. The van der Waals surface area contributed by atoms with E-state index in [4.69, 9.17) is 9.84 Å². The third-order valence-electron chi connectivity index (χ3n) is 2.83. The Morgan fingerprint density at radius 3 is 2.89 bits per heavy atom. The molecule has 1 aromatic heterocycles. The maximum atomic E-state index is 10.7. The normalized spacial score (nSPS) is 11.5. The Morgan fingerprint density at radius 1 is 1.37 bits per heavy atom. The van der Waals surface area contributed by atoms with E-state index in [2.05, 4.69) is 4.98 Å². The van der Waals surface area contributed by atoms with Gasteiger partial charge >= 0.3 is 5.97 Å². The van der Waals surface area contributed by atoms with Crippen molar-refractivity contribution in [3.63, 3.8) is 0 Å². The Bertz CT molecular complexity index is 593. The smallest absolute Gasteiger partial charge is 0.304 e. The molecule has 0 bridgehead atoms. The quantitative estimate of drug-likeness (QED) is 0.896. The largest absolute Gasteiger partial charge is 0.493 e. The number of hydrogen-bond donors (Lipinski definition) is 1. The van der Waals surface area contributed by atoms with Crippen LogP contribution in [-0.4, -0.2) is 22.7 Å². The highest BCUT2D eigenvalue weighted by atomic mass is 16.5. The lowest BCUT2D eigenvalue weighted by atomic mass is 9.91. The van der Waals surface area contributed by atoms with E-state index in [1.165, 1.54) is 0 Å². The third kappa shape index (κ3) is 3.68. The highest BCUT2D eigenvalue weighted by Gasteiger charge is 2.22. The molecule has 0 aliphatic heterocycles. The van der Waals surface area contributed by atoms with E-state index < -0.39 is 11.4 Å². The second-order valence-corrected chi connectivity index (χ2v) is 5.38. The van der Waals surface area contributed by atoms with Crippen LogP contribution in [0.25, 0.3) is 10.9 Å². The van der Waals surface area contributed by atoms with Crippen molar-refractivity contribution in [2.24, 2.45) is 5.41 Å². The highest BCUT2D eigenvalue weighted by Crippen LogP contribution is 2.24. The zero-order valence-electron chi connectivity index (χ0n) is 11.1. The van der Waals surface area contributed by atoms with Crippen LogP contribution in [0.3, 0.4) is 0 Å². The topological polar surface area (TPSA) is 59.4 Å². The van der Waals surface area contributed by atoms with Crippen LogP contribution in [0.4, 0.5) is 0 Å². The molecule has 0 unspecified atom stereocenters. The fourth-order valence-electron chi connectivity index (χ4n) is 1.88. The van der Waals surface area contributed by atoms with Crippen LogP contribution in [0.15, 0.2) is 36.5 Å². The SMILES string of the molecule is CC(C)(COc1ccc2ncccc2c1)CC(=O)O. The van der Waals surface area contributed by atoms with Crippen molar-refractivity contribution in [1.29, 1.82) is 0 Å². The molecule has 19 heavy (non-hydrogen) atoms. The van der Waals surface area contributed by atoms with E-state index in [-0.39, 0.29) is 6.42 Å². The number of hydrogen-bond acceptors (Lipinski definition) is 3. The van der Waals surface area contributed by atoms with Crippen LogP contribution in [0.2, 0.25) is 0 Å². The van der Waals surface area contributed by atoms with Gasteiger partial charge in [0.1, 0.15) is 5.75 Å². The molecule has 0 spiro atoms. The Morgan fingerprint density at radius 2 is 2.16 bits per heavy atom. The molecule has 0 atom stereocenters. The first-order valence-electron chi connectivity index (χ1n) is 6.16. The molecule has 0 amide bonds. The van der Waals surface area contributed by atoms with E-state index in [1.807, 2.05) is 44.2 Å². The third-order valence-corrected chi connectivity index (χ3v) is 2.83. The molecule has 2 rings (SSSR count). The number of benzene rings is 1. The molecule has 0 aliphatic carbocycles. The van der Waals surface area contributed by atoms with E-state index >= 15 is 0 Å². The van der Waals surface area contributed by atoms with Gasteiger partial charge in [0.15, 0.2) is 0 Å². The zero-order chi connectivity index (χ0) is 13.9. The first-order valence-corrected chi connectivity index (χ1v) is 6.16. The van der Waals surface area contributed by atoms with Crippen LogP contribution in [-0.2, 0) is 4.79 Å². The van der Waals surface area contributed by atoms with Crippen molar-refractivity contribution in [2.45, 2.75) is 20.3 Å². The summed E-state index contributed by atoms with van der Waals surface area (Å²) in [6, 6.07) is 9.51. The summed E-state index contributed by atoms with van der Waals surface area (Å²) in [6.45, 7) is 4.12. The van der Waals surface area contributed by atoms with Crippen molar-refractivity contribution >= 4 is 16.9 Å². The Balaban J connectivity index is 2.07. The number of aromatic nitrogens is 1. The number of nitrogens with zero attached hydrogens (tertiary/aromatic N) is 1. The van der Waals surface area contributed by atoms with Crippen LogP contribution in [0.1, 0.15) is 20.3 Å². The zero-order valence-corrected chi connectivity index (χ0v) is 11.1. The molecule has 1 aromatic carbocycles. The number of carbonyl (C=O) groups is 1. The maximum absolute atomic E-state index is 10.7. The minimum atomic E-state index is -0.809. The maximum Gasteiger partial charge on any atom is 0.304 e. The van der Waals surface area contributed by atoms with Crippen molar-refractivity contribution in [1.82, 2.24) is 4.98 Å². The summed E-state index contributed by atoms with van der Waals surface area (Å²) in [5.74, 6) is -0.0738. The average molecular weight is 259 g/mol. The summed E-state index contributed by atoms with van der Waals surface area (Å²) in [4.78, 5) is 15.0. The predicted octanol–water partition coefficient (Wildman–Crippen LogP) is 3.11. The summed E-state index contributed by atoms with van der Waals surface area (Å²) in [5, 5.41) is 9.83. The van der Waals surface area contributed by atoms with Gasteiger partial charge in [0.05, 0.1) is 18.5 Å². The van der Waals surface area contributed by atoms with Gasteiger partial charge in [-0.25, -0.2) is 0 Å². The van der Waals surface area contributed by atoms with Gasteiger partial charge in [0, 0.05) is 17.0 Å². The minimum Gasteiger partial charge on any atom is -0.493 e. The summed E-state index contributed by atoms with van der Waals surface area (Å²) < 4.78 is 5.69. The Hall–Kier alpha value is -2.10. The highest BCUT2D eigenvalue weighted by molar-refractivity contribution is 5.79. The number of aliphatic carboxylic acids is 1. The number of pyridine rings is 1. The molecule has 4 nitrogen and oxygen atoms in total. The van der Waals surface area contributed by atoms with Crippen molar-refractivity contribution in [3.8, 4) is 5.75 Å². The fourth-order valence-corrected chi connectivity index (χ4v) is 1.88. The second kappa shape index (κ2) is 5.26. The van der Waals surface area contributed by atoms with Gasteiger partial charge in [0.25, 0.3) is 0 Å². The summed E-state index contributed by atoms with van der Waals surface area (Å²) in [7, 11) is 0. The first kappa shape index (κ1) is 13.3. The van der Waals surface area contributed by atoms with Crippen molar-refractivity contribution < 1.29 is 14.6 Å². The Kier molecular flexibility index (Phi) is 3.69. The van der Waals surface area contributed by atoms with Gasteiger partial charge in [-0.15, -0.1) is 0 Å². The lowest BCUT2D eigenvalue weighted by Gasteiger charge is -2.22. The summed E-state index contributed by atoms with van der Waals surface area (Å²) >= 11 is 0. The fraction of sp³-hybridized carbons (Fsp3) is 0.333. The lowest BCUT2D eigenvalue weighted by molar-refractivity contribution is -0.139. The van der Waals surface area contributed by atoms with E-state index in [0.717, 1.165) is 16.7 Å². The second-order valence-electron chi connectivity index (χ2n) is 5.38. The lowest BCUT2D eigenvalue weighted by Crippen LogP contribution is -2.24. The van der Waals surface area contributed by atoms with Gasteiger partial charge in [-0.1, -0.05) is 19.9 Å². The number of rotatable bonds is 5. The monoisotopic (exact) mass is 259 g/mol. The van der Waals surface area contributed by atoms with Crippen LogP contribution in [0.5, 0.6) is 5.75 Å². The van der Waals surface area contributed by atoms with Gasteiger partial charge in [-0.2, -0.15) is 0 Å². The van der Waals surface area contributed by atoms with Crippen LogP contribution >= 0.6 is 0 Å². The number of carboxylic acids is 1. The number of ether oxygens (including phenoxy) is 1. The minimum absolute atomic E-state index is 0.0855. The van der Waals surface area contributed by atoms with Gasteiger partial charge in [-0.05, 0) is 24.3 Å². The van der Waals surface area contributed by atoms with Crippen LogP contribution < -0.4 is 4.74 Å². The molecule has 1 heterocycles. The molecule has 0 saturated heterocycles. The molecule has 1 N–H and O–H groups in total. The van der Waals surface area contributed by atoms with E-state index in [0.29, 0.717) is 6.61 Å². The summed E-state index contributed by atoms with van der Waals surface area (Å²) in [6.07, 6.45) is 1.83. The standard InChI is InChI=1S/C15H17NO3/c1-15(2,9-14(17)18)10-19-12-5-6-13-11(8-12)4-3-7-16-13/h3-8H,9-10H2,1-2H3,(H,17,18). The molecule has 0 fully saturated rings. The number of carboxylic acid groups (broad SMARTS) is 1. The Labute approximate surface area is 112 Å². The molecule has 0 aliphatic rings.